The van der Waals surface area contributed by atoms with Crippen molar-refractivity contribution in [2.45, 2.75) is 11.8 Å². The van der Waals surface area contributed by atoms with Crippen LogP contribution in [0.5, 0.6) is 0 Å². The number of benzene rings is 3. The first-order chi connectivity index (χ1) is 15.5. The first-order valence-corrected chi connectivity index (χ1v) is 11.0. The van der Waals surface area contributed by atoms with Crippen LogP contribution in [0.4, 0.5) is 20.2 Å². The van der Waals surface area contributed by atoms with E-state index in [4.69, 9.17) is 0 Å². The number of hydrogen-bond acceptors (Lipinski definition) is 5. The third-order valence-corrected chi connectivity index (χ3v) is 6.64. The topological polar surface area (TPSA) is 92.8 Å². The summed E-state index contributed by atoms with van der Waals surface area (Å²) in [4.78, 5) is 24.1. The smallest absolute Gasteiger partial charge is 0.340 e. The number of carbonyl (C=O) groups excluding carboxylic acids is 2. The van der Waals surface area contributed by atoms with Crippen molar-refractivity contribution in [1.29, 1.82) is 0 Å². The Hall–Kier alpha value is -3.79. The van der Waals surface area contributed by atoms with E-state index in [1.807, 2.05) is 6.92 Å². The van der Waals surface area contributed by atoms with Gasteiger partial charge < -0.3 is 10.1 Å². The van der Waals surface area contributed by atoms with Gasteiger partial charge in [-0.1, -0.05) is 23.8 Å². The number of halogens is 2. The molecule has 0 fully saturated rings. The molecule has 0 aromatic heterocycles. The first-order valence-electron chi connectivity index (χ1n) is 9.59. The number of carbonyl (C=O) groups is 2. The van der Waals surface area contributed by atoms with Crippen LogP contribution in [0.25, 0.3) is 0 Å². The number of anilines is 2. The molecule has 3 aromatic carbocycles. The van der Waals surface area contributed by atoms with E-state index in [0.717, 1.165) is 29.1 Å². The molecule has 0 heterocycles. The molecule has 33 heavy (non-hydrogen) atoms. The molecule has 0 bridgehead atoms. The molecule has 0 radical (unpaired) electrons. The van der Waals surface area contributed by atoms with Crippen LogP contribution in [0.3, 0.4) is 0 Å². The third-order valence-electron chi connectivity index (χ3n) is 4.86. The molecule has 0 unspecified atom stereocenters. The van der Waals surface area contributed by atoms with Gasteiger partial charge >= 0.3 is 5.97 Å². The predicted molar refractivity (Wildman–Crippen MR) is 119 cm³/mol. The summed E-state index contributed by atoms with van der Waals surface area (Å²) in [6, 6.07) is 13.3. The summed E-state index contributed by atoms with van der Waals surface area (Å²) in [6.07, 6.45) is 0. The van der Waals surface area contributed by atoms with Gasteiger partial charge in [0.05, 0.1) is 28.9 Å². The molecule has 0 aliphatic rings. The average molecular weight is 474 g/mol. The zero-order valence-electron chi connectivity index (χ0n) is 17.9. The standard InChI is InChI=1S/C23H20F2N2O5S/c1-14-7-9-16(10-8-14)27(2)33(30,31)17-6-4-5-15(11-17)22(28)26-21-12-18(23(29)32-3)19(24)13-20(21)25/h4-13H,1-3H3,(H,26,28). The van der Waals surface area contributed by atoms with Gasteiger partial charge in [0, 0.05) is 18.7 Å². The third kappa shape index (κ3) is 5.01. The number of nitrogens with zero attached hydrogens (tertiary/aromatic N) is 1. The van der Waals surface area contributed by atoms with Crippen molar-refractivity contribution in [3.8, 4) is 0 Å². The molecule has 3 aromatic rings. The second kappa shape index (κ2) is 9.37. The summed E-state index contributed by atoms with van der Waals surface area (Å²) in [6.45, 7) is 1.87. The summed E-state index contributed by atoms with van der Waals surface area (Å²) in [5.74, 6) is -4.16. The minimum Gasteiger partial charge on any atom is -0.465 e. The van der Waals surface area contributed by atoms with Crippen LogP contribution >= 0.6 is 0 Å². The highest BCUT2D eigenvalue weighted by molar-refractivity contribution is 7.92. The maximum absolute atomic E-state index is 14.2. The zero-order chi connectivity index (χ0) is 24.3. The fraction of sp³-hybridized carbons (Fsp3) is 0.130. The van der Waals surface area contributed by atoms with Gasteiger partial charge in [0.25, 0.3) is 15.9 Å². The van der Waals surface area contributed by atoms with Gasteiger partial charge in [0.1, 0.15) is 11.6 Å². The van der Waals surface area contributed by atoms with Crippen molar-refractivity contribution in [3.05, 3.63) is 89.0 Å². The molecule has 0 spiro atoms. The van der Waals surface area contributed by atoms with Crippen LogP contribution in [0.2, 0.25) is 0 Å². The van der Waals surface area contributed by atoms with E-state index in [9.17, 15) is 26.8 Å². The Morgan fingerprint density at radius 2 is 1.64 bits per heavy atom. The molecule has 0 saturated heterocycles. The van der Waals surface area contributed by atoms with Crippen molar-refractivity contribution in [1.82, 2.24) is 0 Å². The van der Waals surface area contributed by atoms with Crippen molar-refractivity contribution in [3.63, 3.8) is 0 Å². The average Bonchev–Trinajstić information content (AvgIpc) is 2.80. The Balaban J connectivity index is 1.90. The summed E-state index contributed by atoms with van der Waals surface area (Å²) < 4.78 is 59.6. The van der Waals surface area contributed by atoms with Gasteiger partial charge in [-0.05, 0) is 43.3 Å². The lowest BCUT2D eigenvalue weighted by atomic mass is 10.1. The summed E-state index contributed by atoms with van der Waals surface area (Å²) in [7, 11) is -1.59. The minimum absolute atomic E-state index is 0.0864. The van der Waals surface area contributed by atoms with Crippen LogP contribution in [0.15, 0.2) is 65.6 Å². The number of amides is 1. The summed E-state index contributed by atoms with van der Waals surface area (Å²) >= 11 is 0. The quantitative estimate of drug-likeness (QED) is 0.542. The number of ether oxygens (including phenoxy) is 1. The minimum atomic E-state index is -4.00. The predicted octanol–water partition coefficient (Wildman–Crippen LogP) is 4.14. The van der Waals surface area contributed by atoms with Crippen LogP contribution in [-0.4, -0.2) is 34.5 Å². The highest BCUT2D eigenvalue weighted by Crippen LogP contribution is 2.24. The molecular formula is C23H20F2N2O5S. The molecule has 0 atom stereocenters. The largest absolute Gasteiger partial charge is 0.465 e. The number of aryl methyl sites for hydroxylation is 1. The van der Waals surface area contributed by atoms with E-state index >= 15 is 0 Å². The van der Waals surface area contributed by atoms with E-state index in [1.54, 1.807) is 24.3 Å². The monoisotopic (exact) mass is 474 g/mol. The lowest BCUT2D eigenvalue weighted by Gasteiger charge is -2.20. The van der Waals surface area contributed by atoms with Gasteiger partial charge in [0.15, 0.2) is 0 Å². The number of hydrogen-bond donors (Lipinski definition) is 1. The lowest BCUT2D eigenvalue weighted by molar-refractivity contribution is 0.0595. The van der Waals surface area contributed by atoms with Crippen LogP contribution in [0.1, 0.15) is 26.3 Å². The van der Waals surface area contributed by atoms with Crippen molar-refractivity contribution >= 4 is 33.3 Å². The molecular weight excluding hydrogens is 454 g/mol. The molecule has 0 saturated carbocycles. The fourth-order valence-electron chi connectivity index (χ4n) is 2.96. The number of sulfonamides is 1. The molecule has 0 aliphatic heterocycles. The van der Waals surface area contributed by atoms with Gasteiger partial charge in [0.2, 0.25) is 0 Å². The van der Waals surface area contributed by atoms with E-state index in [2.05, 4.69) is 10.1 Å². The van der Waals surface area contributed by atoms with Crippen molar-refractivity contribution < 1.29 is 31.5 Å². The second-order valence-corrected chi connectivity index (χ2v) is 9.06. The SMILES string of the molecule is COC(=O)c1cc(NC(=O)c2cccc(S(=O)(=O)N(C)c3ccc(C)cc3)c2)c(F)cc1F. The number of rotatable bonds is 6. The first kappa shape index (κ1) is 23.9. The number of methoxy groups -OCH3 is 1. The van der Waals surface area contributed by atoms with Gasteiger partial charge in [-0.3, -0.25) is 9.10 Å². The molecule has 0 aliphatic carbocycles. The number of nitrogens with one attached hydrogen (secondary N) is 1. The van der Waals surface area contributed by atoms with Crippen LogP contribution in [0, 0.1) is 18.6 Å². The fourth-order valence-corrected chi connectivity index (χ4v) is 4.20. The van der Waals surface area contributed by atoms with Gasteiger partial charge in [-0.25, -0.2) is 22.0 Å². The summed E-state index contributed by atoms with van der Waals surface area (Å²) in [5, 5.41) is 2.22. The summed E-state index contributed by atoms with van der Waals surface area (Å²) in [5.41, 5.74) is 0.277. The second-order valence-electron chi connectivity index (χ2n) is 7.09. The van der Waals surface area contributed by atoms with Crippen LogP contribution in [-0.2, 0) is 14.8 Å². The zero-order valence-corrected chi connectivity index (χ0v) is 18.7. The Bertz CT molecular complexity index is 1330. The molecule has 10 heteroatoms. The Morgan fingerprint density at radius 3 is 2.27 bits per heavy atom. The molecule has 3 rings (SSSR count). The Kier molecular flexibility index (Phi) is 6.78. The van der Waals surface area contributed by atoms with E-state index in [1.165, 1.54) is 25.2 Å². The van der Waals surface area contributed by atoms with E-state index in [0.29, 0.717) is 11.8 Å². The molecule has 7 nitrogen and oxygen atoms in total. The van der Waals surface area contributed by atoms with Crippen LogP contribution < -0.4 is 9.62 Å². The maximum atomic E-state index is 14.2. The lowest BCUT2D eigenvalue weighted by Crippen LogP contribution is -2.27. The Morgan fingerprint density at radius 1 is 0.970 bits per heavy atom. The van der Waals surface area contributed by atoms with Gasteiger partial charge in [-0.2, -0.15) is 0 Å². The normalized spacial score (nSPS) is 11.1. The van der Waals surface area contributed by atoms with E-state index in [-0.39, 0.29) is 10.5 Å². The van der Waals surface area contributed by atoms with Crippen molar-refractivity contribution in [2.24, 2.45) is 0 Å². The highest BCUT2D eigenvalue weighted by atomic mass is 32.2. The molecule has 172 valence electrons. The molecule has 1 amide bonds. The maximum Gasteiger partial charge on any atom is 0.340 e. The number of esters is 1. The van der Waals surface area contributed by atoms with Gasteiger partial charge in [-0.15, -0.1) is 0 Å². The highest BCUT2D eigenvalue weighted by Gasteiger charge is 2.23. The van der Waals surface area contributed by atoms with Crippen molar-refractivity contribution in [2.75, 3.05) is 23.8 Å². The van der Waals surface area contributed by atoms with E-state index < -0.39 is 44.8 Å². The Labute approximate surface area is 189 Å². The molecule has 1 N–H and O–H groups in total.